The smallest absolute Gasteiger partial charge is 0.335 e. The minimum absolute atomic E-state index is 0.0319. The van der Waals surface area contributed by atoms with Crippen molar-refractivity contribution >= 4 is 5.91 Å². The predicted octanol–water partition coefficient (Wildman–Crippen LogP) is 5.51. The predicted molar refractivity (Wildman–Crippen MR) is 103 cm³/mol. The van der Waals surface area contributed by atoms with Crippen molar-refractivity contribution in [1.29, 1.82) is 0 Å². The lowest BCUT2D eigenvalue weighted by molar-refractivity contribution is -0.159. The summed E-state index contributed by atoms with van der Waals surface area (Å²) in [5, 5.41) is 3.34. The van der Waals surface area contributed by atoms with E-state index in [4.69, 9.17) is 0 Å². The number of aromatic nitrogens is 2. The second-order valence-electron chi connectivity index (χ2n) is 7.74. The molecule has 1 heterocycles. The fourth-order valence-electron chi connectivity index (χ4n) is 3.31. The summed E-state index contributed by atoms with van der Waals surface area (Å²) < 4.78 is 80.3. The van der Waals surface area contributed by atoms with Crippen LogP contribution < -0.4 is 0 Å². The molecule has 1 saturated carbocycles. The van der Waals surface area contributed by atoms with Crippen LogP contribution in [0.5, 0.6) is 0 Å². The van der Waals surface area contributed by atoms with E-state index >= 15 is 0 Å². The Balaban J connectivity index is 1.43. The first-order valence-corrected chi connectivity index (χ1v) is 9.96. The molecule has 0 saturated heterocycles. The molecule has 1 amide bonds. The minimum atomic E-state index is -4.73. The first-order valence-electron chi connectivity index (χ1n) is 9.96. The number of nitrogens with zero attached hydrogens (tertiary/aromatic N) is 3. The summed E-state index contributed by atoms with van der Waals surface area (Å²) in [6.45, 7) is 0.268. The van der Waals surface area contributed by atoms with Crippen molar-refractivity contribution in [3.63, 3.8) is 0 Å². The third-order valence-corrected chi connectivity index (χ3v) is 5.18. The van der Waals surface area contributed by atoms with E-state index in [-0.39, 0.29) is 30.7 Å². The Kier molecular flexibility index (Phi) is 5.89. The van der Waals surface area contributed by atoms with E-state index in [1.165, 1.54) is 24.3 Å². The number of hydrogen-bond donors (Lipinski definition) is 0. The Bertz CT molecular complexity index is 1120. The van der Waals surface area contributed by atoms with Crippen molar-refractivity contribution in [1.82, 2.24) is 15.0 Å². The molecule has 0 atom stereocenters. The maximum absolute atomic E-state index is 12.8. The third kappa shape index (κ3) is 5.52. The Morgan fingerprint density at radius 3 is 2.03 bits per heavy atom. The number of hydrogen-bond acceptors (Lipinski definition) is 4. The summed E-state index contributed by atoms with van der Waals surface area (Å²) in [5.41, 5.74) is 0.770. The van der Waals surface area contributed by atoms with Gasteiger partial charge in [0.15, 0.2) is 0 Å². The minimum Gasteiger partial charge on any atom is -0.335 e. The van der Waals surface area contributed by atoms with Crippen LogP contribution in [-0.4, -0.2) is 27.0 Å². The second kappa shape index (κ2) is 8.53. The van der Waals surface area contributed by atoms with Gasteiger partial charge in [-0.1, -0.05) is 41.6 Å². The molecule has 0 unspecified atom stereocenters. The highest BCUT2D eigenvalue weighted by Crippen LogP contribution is 2.32. The molecular weight excluding hydrogens is 452 g/mol. The van der Waals surface area contributed by atoms with Gasteiger partial charge in [0.05, 0.1) is 12.0 Å². The standard InChI is InChI=1S/C22H17F6N3O2/c23-21(24,25)16-7-3-13(4-8-16)11-18(32)31(17-9-10-17)12-14-1-5-15(6-2-14)19-29-20(33-30-19)22(26,27)28/h1-8,17H,9-12H2. The Morgan fingerprint density at radius 1 is 0.909 bits per heavy atom. The van der Waals surface area contributed by atoms with Crippen LogP contribution in [0, 0.1) is 0 Å². The zero-order valence-electron chi connectivity index (χ0n) is 17.0. The van der Waals surface area contributed by atoms with Gasteiger partial charge in [0.25, 0.3) is 0 Å². The van der Waals surface area contributed by atoms with Crippen LogP contribution >= 0.6 is 0 Å². The number of halogens is 6. The zero-order chi connectivity index (χ0) is 23.8. The fourth-order valence-corrected chi connectivity index (χ4v) is 3.31. The second-order valence-corrected chi connectivity index (χ2v) is 7.74. The molecule has 1 fully saturated rings. The molecule has 1 aliphatic carbocycles. The van der Waals surface area contributed by atoms with Crippen LogP contribution in [0.3, 0.4) is 0 Å². The lowest BCUT2D eigenvalue weighted by Crippen LogP contribution is -2.33. The van der Waals surface area contributed by atoms with Gasteiger partial charge in [0.2, 0.25) is 11.7 Å². The average Bonchev–Trinajstić information content (AvgIpc) is 3.45. The van der Waals surface area contributed by atoms with Gasteiger partial charge in [0, 0.05) is 18.2 Å². The number of carbonyl (C=O) groups excluding carboxylic acids is 1. The molecule has 174 valence electrons. The number of rotatable bonds is 6. The van der Waals surface area contributed by atoms with E-state index in [0.29, 0.717) is 11.1 Å². The van der Waals surface area contributed by atoms with E-state index in [9.17, 15) is 31.1 Å². The van der Waals surface area contributed by atoms with Crippen LogP contribution in [0.1, 0.15) is 35.4 Å². The van der Waals surface area contributed by atoms with Gasteiger partial charge in [-0.3, -0.25) is 4.79 Å². The van der Waals surface area contributed by atoms with Crippen LogP contribution in [0.4, 0.5) is 26.3 Å². The molecule has 0 bridgehead atoms. The van der Waals surface area contributed by atoms with Gasteiger partial charge in [-0.2, -0.15) is 31.3 Å². The van der Waals surface area contributed by atoms with Crippen LogP contribution in [0.15, 0.2) is 53.1 Å². The lowest BCUT2D eigenvalue weighted by Gasteiger charge is -2.23. The van der Waals surface area contributed by atoms with Gasteiger partial charge in [-0.05, 0) is 36.1 Å². The number of carbonyl (C=O) groups is 1. The normalized spacial score (nSPS) is 14.4. The molecular formula is C22H17F6N3O2. The molecule has 1 aliphatic rings. The Labute approximate surface area is 184 Å². The molecule has 0 spiro atoms. The highest BCUT2D eigenvalue weighted by Gasteiger charge is 2.38. The van der Waals surface area contributed by atoms with Crippen molar-refractivity contribution < 1.29 is 35.7 Å². The van der Waals surface area contributed by atoms with Crippen molar-refractivity contribution in [2.45, 2.75) is 44.2 Å². The molecule has 0 N–H and O–H groups in total. The van der Waals surface area contributed by atoms with Crippen LogP contribution in [0.25, 0.3) is 11.4 Å². The monoisotopic (exact) mass is 469 g/mol. The third-order valence-electron chi connectivity index (χ3n) is 5.18. The largest absolute Gasteiger partial charge is 0.471 e. The van der Waals surface area contributed by atoms with E-state index < -0.39 is 23.8 Å². The summed E-state index contributed by atoms with van der Waals surface area (Å²) in [6.07, 6.45) is -7.54. The first-order chi connectivity index (χ1) is 15.5. The van der Waals surface area contributed by atoms with E-state index in [2.05, 4.69) is 14.7 Å². The van der Waals surface area contributed by atoms with Gasteiger partial charge in [-0.25, -0.2) is 0 Å². The molecule has 1 aromatic heterocycles. The molecule has 0 radical (unpaired) electrons. The van der Waals surface area contributed by atoms with Crippen LogP contribution in [-0.2, 0) is 30.1 Å². The van der Waals surface area contributed by atoms with Crippen molar-refractivity contribution in [3.05, 3.63) is 71.1 Å². The molecule has 2 aromatic carbocycles. The lowest BCUT2D eigenvalue weighted by atomic mass is 10.1. The summed E-state index contributed by atoms with van der Waals surface area (Å²) in [7, 11) is 0. The first kappa shape index (κ1) is 22.8. The molecule has 11 heteroatoms. The maximum Gasteiger partial charge on any atom is 0.471 e. The zero-order valence-corrected chi connectivity index (χ0v) is 17.0. The molecule has 4 rings (SSSR count). The topological polar surface area (TPSA) is 59.2 Å². The number of alkyl halides is 6. The fraction of sp³-hybridized carbons (Fsp3) is 0.318. The van der Waals surface area contributed by atoms with Crippen molar-refractivity contribution in [2.24, 2.45) is 0 Å². The highest BCUT2D eigenvalue weighted by molar-refractivity contribution is 5.79. The quantitative estimate of drug-likeness (QED) is 0.447. The molecule has 5 nitrogen and oxygen atoms in total. The Hall–Kier alpha value is -3.37. The van der Waals surface area contributed by atoms with Gasteiger partial charge >= 0.3 is 18.2 Å². The van der Waals surface area contributed by atoms with E-state index in [1.54, 1.807) is 17.0 Å². The summed E-state index contributed by atoms with van der Waals surface area (Å²) >= 11 is 0. The van der Waals surface area contributed by atoms with E-state index in [0.717, 1.165) is 30.5 Å². The highest BCUT2D eigenvalue weighted by atomic mass is 19.4. The van der Waals surface area contributed by atoms with Gasteiger partial charge in [-0.15, -0.1) is 0 Å². The summed E-state index contributed by atoms with van der Waals surface area (Å²) in [4.78, 5) is 17.8. The average molecular weight is 469 g/mol. The summed E-state index contributed by atoms with van der Waals surface area (Å²) in [5.74, 6) is -1.85. The van der Waals surface area contributed by atoms with Crippen molar-refractivity contribution in [2.75, 3.05) is 0 Å². The summed E-state index contributed by atoms with van der Waals surface area (Å²) in [6, 6.07) is 10.9. The maximum atomic E-state index is 12.8. The molecule has 0 aliphatic heterocycles. The van der Waals surface area contributed by atoms with Crippen molar-refractivity contribution in [3.8, 4) is 11.4 Å². The SMILES string of the molecule is O=C(Cc1ccc(C(F)(F)F)cc1)N(Cc1ccc(-c2noc(C(F)(F)F)n2)cc1)C1CC1. The van der Waals surface area contributed by atoms with E-state index in [1.807, 2.05) is 0 Å². The number of amides is 1. The van der Waals surface area contributed by atoms with Crippen LogP contribution in [0.2, 0.25) is 0 Å². The molecule has 3 aromatic rings. The van der Waals surface area contributed by atoms with Gasteiger partial charge < -0.3 is 9.42 Å². The molecule has 33 heavy (non-hydrogen) atoms. The van der Waals surface area contributed by atoms with Gasteiger partial charge in [0.1, 0.15) is 0 Å². The Morgan fingerprint density at radius 2 is 1.52 bits per heavy atom. The number of benzene rings is 2.